The molecule has 4 nitrogen and oxygen atoms in total. The highest BCUT2D eigenvalue weighted by atomic mass is 32.2. The summed E-state index contributed by atoms with van der Waals surface area (Å²) in [5.41, 5.74) is 0.813. The Labute approximate surface area is 127 Å². The third-order valence-corrected chi connectivity index (χ3v) is 4.66. The van der Waals surface area contributed by atoms with Crippen molar-refractivity contribution < 1.29 is 18.3 Å². The molecule has 0 bridgehead atoms. The van der Waals surface area contributed by atoms with Crippen LogP contribution in [0.1, 0.15) is 10.4 Å². The lowest BCUT2D eigenvalue weighted by atomic mass is 10.2. The number of thiophene rings is 1. The number of rotatable bonds is 4. The van der Waals surface area contributed by atoms with E-state index in [4.69, 9.17) is 9.84 Å². The second-order valence-electron chi connectivity index (χ2n) is 4.25. The molecule has 1 aromatic heterocycles. The Hall–Kier alpha value is -1.81. The molecule has 0 radical (unpaired) electrons. The van der Waals surface area contributed by atoms with E-state index in [0.717, 1.165) is 16.7 Å². The Morgan fingerprint density at radius 1 is 1.33 bits per heavy atom. The van der Waals surface area contributed by atoms with Gasteiger partial charge in [0.15, 0.2) is 9.84 Å². The number of hydrogen-bond acceptors (Lipinski definition) is 5. The molecule has 0 aliphatic heterocycles. The van der Waals surface area contributed by atoms with E-state index in [2.05, 4.69) is 11.8 Å². The third-order valence-electron chi connectivity index (χ3n) is 2.65. The van der Waals surface area contributed by atoms with Gasteiger partial charge in [-0.15, -0.1) is 11.3 Å². The molecule has 1 heterocycles. The smallest absolute Gasteiger partial charge is 0.175 e. The second kappa shape index (κ2) is 6.76. The van der Waals surface area contributed by atoms with E-state index in [1.54, 1.807) is 12.1 Å². The molecule has 21 heavy (non-hydrogen) atoms. The van der Waals surface area contributed by atoms with Gasteiger partial charge in [-0.1, -0.05) is 17.9 Å². The predicted molar refractivity (Wildman–Crippen MR) is 82.2 cm³/mol. The van der Waals surface area contributed by atoms with Crippen LogP contribution in [0.25, 0.3) is 0 Å². The summed E-state index contributed by atoms with van der Waals surface area (Å²) in [5, 5.41) is 10.6. The van der Waals surface area contributed by atoms with Crippen molar-refractivity contribution in [1.29, 1.82) is 0 Å². The van der Waals surface area contributed by atoms with Crippen LogP contribution in [0.5, 0.6) is 5.75 Å². The molecule has 0 saturated carbocycles. The van der Waals surface area contributed by atoms with E-state index >= 15 is 0 Å². The highest BCUT2D eigenvalue weighted by Crippen LogP contribution is 2.21. The van der Waals surface area contributed by atoms with Gasteiger partial charge < -0.3 is 9.84 Å². The minimum Gasteiger partial charge on any atom is -0.488 e. The van der Waals surface area contributed by atoms with Crippen molar-refractivity contribution in [2.75, 3.05) is 12.9 Å². The van der Waals surface area contributed by atoms with E-state index < -0.39 is 9.84 Å². The van der Waals surface area contributed by atoms with Gasteiger partial charge in [0.1, 0.15) is 19.0 Å². The Morgan fingerprint density at radius 2 is 2.14 bits per heavy atom. The third kappa shape index (κ3) is 4.33. The molecule has 0 fully saturated rings. The van der Waals surface area contributed by atoms with Crippen LogP contribution in [-0.4, -0.2) is 26.4 Å². The Morgan fingerprint density at radius 3 is 2.86 bits per heavy atom. The highest BCUT2D eigenvalue weighted by Gasteiger charge is 2.09. The van der Waals surface area contributed by atoms with E-state index in [-0.39, 0.29) is 11.5 Å². The molecule has 0 atom stereocenters. The number of sulfone groups is 1. The predicted octanol–water partition coefficient (Wildman–Crippen LogP) is 2.07. The van der Waals surface area contributed by atoms with Crippen LogP contribution in [0.4, 0.5) is 0 Å². The van der Waals surface area contributed by atoms with Crippen LogP contribution in [0.2, 0.25) is 0 Å². The fraction of sp³-hybridized carbons (Fsp3) is 0.200. The van der Waals surface area contributed by atoms with Crippen molar-refractivity contribution in [3.63, 3.8) is 0 Å². The molecule has 1 N–H and O–H groups in total. The van der Waals surface area contributed by atoms with E-state index in [1.165, 1.54) is 23.5 Å². The maximum atomic E-state index is 11.5. The van der Waals surface area contributed by atoms with Gasteiger partial charge in [-0.05, 0) is 29.6 Å². The van der Waals surface area contributed by atoms with Crippen molar-refractivity contribution in [1.82, 2.24) is 0 Å². The lowest BCUT2D eigenvalue weighted by Gasteiger charge is -2.06. The van der Waals surface area contributed by atoms with Gasteiger partial charge in [-0.2, -0.15) is 0 Å². The van der Waals surface area contributed by atoms with Gasteiger partial charge in [-0.3, -0.25) is 0 Å². The monoisotopic (exact) mass is 322 g/mol. The van der Waals surface area contributed by atoms with Crippen LogP contribution in [-0.2, 0) is 16.4 Å². The molecule has 2 aromatic rings. The summed E-state index contributed by atoms with van der Waals surface area (Å²) in [4.78, 5) is 1.16. The Kier molecular flexibility index (Phi) is 5.02. The first kappa shape index (κ1) is 15.6. The fourth-order valence-electron chi connectivity index (χ4n) is 1.64. The van der Waals surface area contributed by atoms with Crippen LogP contribution in [0.15, 0.2) is 40.6 Å². The van der Waals surface area contributed by atoms with Crippen LogP contribution in [0, 0.1) is 11.8 Å². The summed E-state index contributed by atoms with van der Waals surface area (Å²) in [5.74, 6) is 5.94. The number of hydrogen-bond donors (Lipinski definition) is 1. The van der Waals surface area contributed by atoms with Crippen molar-refractivity contribution in [3.05, 3.63) is 46.2 Å². The molecular weight excluding hydrogens is 308 g/mol. The summed E-state index contributed by atoms with van der Waals surface area (Å²) in [7, 11) is -3.25. The maximum absolute atomic E-state index is 11.5. The quantitative estimate of drug-likeness (QED) is 0.875. The molecule has 0 amide bonds. The van der Waals surface area contributed by atoms with Crippen LogP contribution in [0.3, 0.4) is 0 Å². The van der Waals surface area contributed by atoms with Crippen molar-refractivity contribution in [3.8, 4) is 17.6 Å². The van der Waals surface area contributed by atoms with E-state index in [0.29, 0.717) is 12.4 Å². The zero-order chi connectivity index (χ0) is 15.3. The van der Waals surface area contributed by atoms with Crippen LogP contribution < -0.4 is 4.74 Å². The Balaban J connectivity index is 2.12. The summed E-state index contributed by atoms with van der Waals surface area (Å²) in [6.07, 6.45) is 1.16. The molecule has 0 saturated heterocycles. The van der Waals surface area contributed by atoms with Gasteiger partial charge in [0.2, 0.25) is 0 Å². The fourth-order valence-corrected chi connectivity index (χ4v) is 3.04. The summed E-state index contributed by atoms with van der Waals surface area (Å²) in [6.45, 7) is 0.118. The molecular formula is C15H14O4S2. The van der Waals surface area contributed by atoms with Crippen LogP contribution >= 0.6 is 11.3 Å². The lowest BCUT2D eigenvalue weighted by Crippen LogP contribution is -1.99. The number of aliphatic hydroxyl groups is 1. The molecule has 1 aromatic carbocycles. The second-order valence-corrected chi connectivity index (χ2v) is 7.27. The average molecular weight is 322 g/mol. The summed E-state index contributed by atoms with van der Waals surface area (Å²) >= 11 is 1.50. The molecule has 2 rings (SSSR count). The minimum atomic E-state index is -3.25. The first-order valence-electron chi connectivity index (χ1n) is 6.10. The topological polar surface area (TPSA) is 63.6 Å². The largest absolute Gasteiger partial charge is 0.488 e. The van der Waals surface area contributed by atoms with Crippen molar-refractivity contribution in [2.24, 2.45) is 0 Å². The molecule has 0 aliphatic rings. The average Bonchev–Trinajstić information content (AvgIpc) is 2.90. The van der Waals surface area contributed by atoms with Crippen molar-refractivity contribution >= 4 is 21.2 Å². The summed E-state index contributed by atoms with van der Waals surface area (Å²) < 4.78 is 28.6. The number of benzene rings is 1. The summed E-state index contributed by atoms with van der Waals surface area (Å²) in [6, 6.07) is 8.25. The highest BCUT2D eigenvalue weighted by molar-refractivity contribution is 7.90. The number of aliphatic hydroxyl groups excluding tert-OH is 1. The molecule has 110 valence electrons. The standard InChI is InChI=1S/C15H14O4S2/c1-21(17,18)14-6-2-5-13(10-14)19-11-15-12(4-3-8-16)7-9-20-15/h2,5-7,9-10,16H,8,11H2,1H3. The van der Waals surface area contributed by atoms with E-state index in [9.17, 15) is 8.42 Å². The molecule has 0 spiro atoms. The Bertz CT molecular complexity index is 779. The zero-order valence-electron chi connectivity index (χ0n) is 11.4. The SMILES string of the molecule is CS(=O)(=O)c1cccc(OCc2sccc2C#CCO)c1. The molecule has 6 heteroatoms. The van der Waals surface area contributed by atoms with Gasteiger partial charge in [0.05, 0.1) is 9.77 Å². The maximum Gasteiger partial charge on any atom is 0.175 e. The minimum absolute atomic E-state index is 0.188. The normalized spacial score (nSPS) is 10.8. The molecule has 0 aliphatic carbocycles. The zero-order valence-corrected chi connectivity index (χ0v) is 13.0. The number of ether oxygens (including phenoxy) is 1. The molecule has 0 unspecified atom stereocenters. The lowest BCUT2D eigenvalue weighted by molar-refractivity contribution is 0.308. The van der Waals surface area contributed by atoms with Gasteiger partial charge in [-0.25, -0.2) is 8.42 Å². The first-order chi connectivity index (χ1) is 10.0. The van der Waals surface area contributed by atoms with Crippen molar-refractivity contribution in [2.45, 2.75) is 11.5 Å². The first-order valence-corrected chi connectivity index (χ1v) is 8.87. The van der Waals surface area contributed by atoms with Gasteiger partial charge in [0, 0.05) is 11.8 Å². The van der Waals surface area contributed by atoms with E-state index in [1.807, 2.05) is 11.4 Å². The van der Waals surface area contributed by atoms with Gasteiger partial charge in [0.25, 0.3) is 0 Å². The van der Waals surface area contributed by atoms with Gasteiger partial charge >= 0.3 is 0 Å².